The van der Waals surface area contributed by atoms with Gasteiger partial charge in [0, 0.05) is 25.0 Å². The van der Waals surface area contributed by atoms with E-state index in [-0.39, 0.29) is 33.9 Å². The highest BCUT2D eigenvalue weighted by Crippen LogP contribution is 2.22. The zero-order valence-electron chi connectivity index (χ0n) is 12.1. The van der Waals surface area contributed by atoms with E-state index in [9.17, 15) is 13.2 Å². The van der Waals surface area contributed by atoms with Gasteiger partial charge in [0.05, 0.1) is 9.92 Å². The number of rotatable bonds is 7. The van der Waals surface area contributed by atoms with Crippen molar-refractivity contribution in [2.45, 2.75) is 24.7 Å². The second-order valence-corrected chi connectivity index (χ2v) is 7.49. The van der Waals surface area contributed by atoms with E-state index < -0.39 is 9.84 Å². The fraction of sp³-hybridized carbons (Fsp3) is 0.500. The smallest absolute Gasteiger partial charge is 0.251 e. The zero-order chi connectivity index (χ0) is 16.0. The summed E-state index contributed by atoms with van der Waals surface area (Å²) in [6.45, 7) is 2.53. The van der Waals surface area contributed by atoms with E-state index in [4.69, 9.17) is 16.7 Å². The maximum absolute atomic E-state index is 12.0. The van der Waals surface area contributed by atoms with E-state index in [2.05, 4.69) is 5.32 Å². The molecule has 0 radical (unpaired) electrons. The largest absolute Gasteiger partial charge is 0.396 e. The molecule has 0 aliphatic rings. The molecule has 0 aliphatic heterocycles. The zero-order valence-corrected chi connectivity index (χ0v) is 13.7. The van der Waals surface area contributed by atoms with Crippen LogP contribution in [0, 0.1) is 5.92 Å². The van der Waals surface area contributed by atoms with Crippen molar-refractivity contribution in [2.75, 3.05) is 19.4 Å². The number of aliphatic hydroxyl groups is 1. The van der Waals surface area contributed by atoms with Crippen molar-refractivity contribution in [1.82, 2.24) is 5.32 Å². The van der Waals surface area contributed by atoms with Crippen LogP contribution in [0.15, 0.2) is 23.1 Å². The predicted molar refractivity (Wildman–Crippen MR) is 82.4 cm³/mol. The Morgan fingerprint density at radius 1 is 1.43 bits per heavy atom. The molecule has 1 amide bonds. The minimum Gasteiger partial charge on any atom is -0.396 e. The first-order valence-corrected chi connectivity index (χ1v) is 8.91. The number of nitrogens with one attached hydrogen (secondary N) is 1. The average Bonchev–Trinajstić information content (AvgIpc) is 2.42. The summed E-state index contributed by atoms with van der Waals surface area (Å²) in [4.78, 5) is 11.9. The van der Waals surface area contributed by atoms with E-state index in [1.807, 2.05) is 6.92 Å². The quantitative estimate of drug-likeness (QED) is 0.746. The third-order valence-electron chi connectivity index (χ3n) is 3.06. The number of amides is 1. The normalized spacial score (nSPS) is 13.0. The van der Waals surface area contributed by atoms with Crippen LogP contribution in [0.4, 0.5) is 0 Å². The summed E-state index contributed by atoms with van der Waals surface area (Å²) in [5.74, 6) is -0.137. The second-order valence-electron chi connectivity index (χ2n) is 5.10. The second kappa shape index (κ2) is 7.77. The monoisotopic (exact) mass is 333 g/mol. The molecule has 2 N–H and O–H groups in total. The highest BCUT2D eigenvalue weighted by Gasteiger charge is 2.15. The van der Waals surface area contributed by atoms with Crippen LogP contribution in [0.3, 0.4) is 0 Å². The van der Waals surface area contributed by atoms with Gasteiger partial charge in [0.25, 0.3) is 5.91 Å². The molecule has 0 aromatic heterocycles. The highest BCUT2D eigenvalue weighted by molar-refractivity contribution is 7.90. The van der Waals surface area contributed by atoms with Crippen LogP contribution in [0.2, 0.25) is 5.02 Å². The van der Waals surface area contributed by atoms with Gasteiger partial charge < -0.3 is 10.4 Å². The van der Waals surface area contributed by atoms with E-state index in [1.165, 1.54) is 18.2 Å². The molecule has 7 heteroatoms. The standard InChI is InChI=1S/C14H20ClNO4S/c1-10(9-17)4-3-7-16-14(18)11-5-6-12(15)13(8-11)21(2,19)20/h5-6,8,10,17H,3-4,7,9H2,1-2H3,(H,16,18). The van der Waals surface area contributed by atoms with Gasteiger partial charge in [-0.2, -0.15) is 0 Å². The van der Waals surface area contributed by atoms with Crippen LogP contribution in [0.25, 0.3) is 0 Å². The highest BCUT2D eigenvalue weighted by atomic mass is 35.5. The lowest BCUT2D eigenvalue weighted by Crippen LogP contribution is -2.25. The number of aliphatic hydroxyl groups excluding tert-OH is 1. The number of sulfone groups is 1. The summed E-state index contributed by atoms with van der Waals surface area (Å²) < 4.78 is 23.1. The van der Waals surface area contributed by atoms with Gasteiger partial charge in [-0.25, -0.2) is 8.42 Å². The number of hydrogen-bond donors (Lipinski definition) is 2. The lowest BCUT2D eigenvalue weighted by Gasteiger charge is -2.09. The Morgan fingerprint density at radius 3 is 2.67 bits per heavy atom. The van der Waals surface area contributed by atoms with Gasteiger partial charge in [-0.05, 0) is 37.0 Å². The van der Waals surface area contributed by atoms with Crippen LogP contribution < -0.4 is 5.32 Å². The Morgan fingerprint density at radius 2 is 2.10 bits per heavy atom. The molecule has 21 heavy (non-hydrogen) atoms. The topological polar surface area (TPSA) is 83.5 Å². The molecule has 0 fully saturated rings. The molecule has 0 saturated heterocycles. The Balaban J connectivity index is 2.67. The van der Waals surface area contributed by atoms with E-state index in [0.717, 1.165) is 19.1 Å². The molecule has 5 nitrogen and oxygen atoms in total. The number of halogens is 1. The first-order chi connectivity index (χ1) is 9.75. The van der Waals surface area contributed by atoms with Crippen LogP contribution in [0.5, 0.6) is 0 Å². The van der Waals surface area contributed by atoms with Crippen molar-refractivity contribution in [3.05, 3.63) is 28.8 Å². The minimum absolute atomic E-state index is 0.0503. The Labute approximate surface area is 130 Å². The van der Waals surface area contributed by atoms with Gasteiger partial charge in [0.2, 0.25) is 0 Å². The maximum Gasteiger partial charge on any atom is 0.251 e. The van der Waals surface area contributed by atoms with E-state index >= 15 is 0 Å². The van der Waals surface area contributed by atoms with Crippen molar-refractivity contribution >= 4 is 27.3 Å². The predicted octanol–water partition coefficient (Wildman–Crippen LogP) is 1.88. The molecular formula is C14H20ClNO4S. The van der Waals surface area contributed by atoms with Crippen molar-refractivity contribution in [1.29, 1.82) is 0 Å². The summed E-state index contributed by atoms with van der Waals surface area (Å²) >= 11 is 5.83. The van der Waals surface area contributed by atoms with Crippen molar-refractivity contribution in [3.8, 4) is 0 Å². The van der Waals surface area contributed by atoms with Gasteiger partial charge in [0.1, 0.15) is 0 Å². The first-order valence-electron chi connectivity index (χ1n) is 6.64. The van der Waals surface area contributed by atoms with Gasteiger partial charge in [-0.3, -0.25) is 4.79 Å². The average molecular weight is 334 g/mol. The SMILES string of the molecule is CC(CO)CCCNC(=O)c1ccc(Cl)c(S(C)(=O)=O)c1. The fourth-order valence-electron chi connectivity index (χ4n) is 1.77. The summed E-state index contributed by atoms with van der Waals surface area (Å²) in [6, 6.07) is 4.17. The van der Waals surface area contributed by atoms with Gasteiger partial charge in [-0.1, -0.05) is 18.5 Å². The van der Waals surface area contributed by atoms with Gasteiger partial charge in [0.15, 0.2) is 9.84 Å². The van der Waals surface area contributed by atoms with Gasteiger partial charge >= 0.3 is 0 Å². The summed E-state index contributed by atoms with van der Waals surface area (Å²) in [7, 11) is -3.47. The van der Waals surface area contributed by atoms with Crippen LogP contribution in [-0.4, -0.2) is 38.8 Å². The summed E-state index contributed by atoms with van der Waals surface area (Å²) in [5.41, 5.74) is 0.259. The molecule has 1 aromatic rings. The van der Waals surface area contributed by atoms with Crippen molar-refractivity contribution < 1.29 is 18.3 Å². The minimum atomic E-state index is -3.47. The lowest BCUT2D eigenvalue weighted by molar-refractivity contribution is 0.0952. The summed E-state index contributed by atoms with van der Waals surface area (Å²) in [5, 5.41) is 11.7. The van der Waals surface area contributed by atoms with Crippen LogP contribution in [-0.2, 0) is 9.84 Å². The van der Waals surface area contributed by atoms with Crippen molar-refractivity contribution in [2.24, 2.45) is 5.92 Å². The van der Waals surface area contributed by atoms with Crippen LogP contribution >= 0.6 is 11.6 Å². The molecule has 0 aliphatic carbocycles. The molecular weight excluding hydrogens is 314 g/mol. The molecule has 118 valence electrons. The maximum atomic E-state index is 12.0. The molecule has 1 rings (SSSR count). The molecule has 1 atom stereocenters. The third-order valence-corrected chi connectivity index (χ3v) is 4.64. The molecule has 0 spiro atoms. The van der Waals surface area contributed by atoms with Crippen molar-refractivity contribution in [3.63, 3.8) is 0 Å². The van der Waals surface area contributed by atoms with E-state index in [1.54, 1.807) is 0 Å². The molecule has 1 aromatic carbocycles. The fourth-order valence-corrected chi connectivity index (χ4v) is 3.08. The molecule has 1 unspecified atom stereocenters. The van der Waals surface area contributed by atoms with E-state index in [0.29, 0.717) is 6.54 Å². The summed E-state index contributed by atoms with van der Waals surface area (Å²) in [6.07, 6.45) is 2.61. The number of benzene rings is 1. The Hall–Kier alpha value is -1.11. The molecule has 0 bridgehead atoms. The lowest BCUT2D eigenvalue weighted by atomic mass is 10.1. The van der Waals surface area contributed by atoms with Gasteiger partial charge in [-0.15, -0.1) is 0 Å². The molecule has 0 saturated carbocycles. The number of hydrogen-bond acceptors (Lipinski definition) is 4. The van der Waals surface area contributed by atoms with Crippen LogP contribution in [0.1, 0.15) is 30.1 Å². The molecule has 0 heterocycles. The Kier molecular flexibility index (Phi) is 6.64. The first kappa shape index (κ1) is 17.9. The third kappa shape index (κ3) is 5.65. The number of carbonyl (C=O) groups excluding carboxylic acids is 1. The Bertz CT molecular complexity index is 601. The number of carbonyl (C=O) groups is 1.